The number of allylic oxidation sites excluding steroid dienone is 10. The van der Waals surface area contributed by atoms with Crippen molar-refractivity contribution in [2.45, 2.75) is 58.3 Å². The highest BCUT2D eigenvalue weighted by atomic mass is 16.4. The van der Waals surface area contributed by atoms with Gasteiger partial charge in [-0.05, 0) is 44.9 Å². The van der Waals surface area contributed by atoms with E-state index in [0.717, 1.165) is 0 Å². The third-order valence-electron chi connectivity index (χ3n) is 2.20. The summed E-state index contributed by atoms with van der Waals surface area (Å²) in [4.78, 5) is 10.5. The second-order valence-electron chi connectivity index (χ2n) is 4.08. The van der Waals surface area contributed by atoms with E-state index in [-0.39, 0.29) is 105 Å². The maximum Gasteiger partial charge on any atom is 0.303 e. The van der Waals surface area contributed by atoms with E-state index >= 15 is 0 Å². The molecule has 0 fully saturated rings. The standard InChI is InChI=1S/C20H30O2/c1-2-3-4-5-6-7-8-9-10-11-12-13-14-15-16-17-18-19-20(21)22/h3-4,6-7,9-10,12-13,15-16H,2,5,8,11,14,17-19H2,1H3,(H,21,22)/b4-3+,7-6+,10-9+,13-12+,16-15+/i3T,4T,6T,7T,9T,10T,12T,13T,15T,16T. The Kier molecular flexibility index (Phi) is 6.82. The van der Waals surface area contributed by atoms with Crippen molar-refractivity contribution in [3.63, 3.8) is 0 Å². The average molecular weight is 323 g/mol. The Labute approximate surface area is 149 Å². The normalized spacial score (nSPS) is 23.7. The largest absolute Gasteiger partial charge is 0.481 e. The van der Waals surface area contributed by atoms with Gasteiger partial charge in [-0.25, -0.2) is 0 Å². The zero-order valence-electron chi connectivity index (χ0n) is 23.0. The van der Waals surface area contributed by atoms with Crippen molar-refractivity contribution in [1.82, 2.24) is 0 Å². The van der Waals surface area contributed by atoms with E-state index in [4.69, 9.17) is 18.8 Å². The van der Waals surface area contributed by atoms with E-state index in [1.165, 1.54) is 0 Å². The van der Waals surface area contributed by atoms with Crippen LogP contribution in [-0.4, -0.2) is 11.1 Å². The molecule has 122 valence electrons. The highest BCUT2D eigenvalue weighted by Crippen LogP contribution is 1.99. The molecule has 0 aliphatic rings. The predicted molar refractivity (Wildman–Crippen MR) is 95.9 cm³/mol. The van der Waals surface area contributed by atoms with Crippen LogP contribution in [0.2, 0.25) is 0 Å². The molecule has 0 bridgehead atoms. The molecule has 2 nitrogen and oxygen atoms in total. The van der Waals surface area contributed by atoms with Crippen molar-refractivity contribution in [2.75, 3.05) is 0 Å². The molecule has 0 atom stereocenters. The summed E-state index contributed by atoms with van der Waals surface area (Å²) in [6.07, 6.45) is -0.726. The Morgan fingerprint density at radius 3 is 1.64 bits per heavy atom. The number of rotatable bonds is 13. The van der Waals surface area contributed by atoms with Gasteiger partial charge in [-0.2, -0.15) is 0 Å². The van der Waals surface area contributed by atoms with Gasteiger partial charge in [0, 0.05) is 6.42 Å². The van der Waals surface area contributed by atoms with Crippen molar-refractivity contribution >= 4 is 5.97 Å². The van der Waals surface area contributed by atoms with E-state index in [1.54, 1.807) is 6.92 Å². The molecule has 0 aliphatic carbocycles. The molecular weight excluding hydrogens is 272 g/mol. The average Bonchev–Trinajstić information content (AvgIpc) is 2.71. The van der Waals surface area contributed by atoms with Gasteiger partial charge >= 0.3 is 5.97 Å². The molecule has 22 heavy (non-hydrogen) atoms. The summed E-state index contributed by atoms with van der Waals surface area (Å²) < 4.78 is 78.2. The zero-order valence-corrected chi connectivity index (χ0v) is 13.0. The molecule has 2 heteroatoms. The third-order valence-corrected chi connectivity index (χ3v) is 2.20. The molecule has 0 saturated carbocycles. The Morgan fingerprint density at radius 2 is 1.23 bits per heavy atom. The predicted octanol–water partition coefficient (Wildman–Crippen LogP) is 5.99. The highest BCUT2D eigenvalue weighted by molar-refractivity contribution is 5.66. The van der Waals surface area contributed by atoms with Crippen molar-refractivity contribution in [3.05, 3.63) is 60.5 Å². The minimum atomic E-state index is -0.998. The summed E-state index contributed by atoms with van der Waals surface area (Å²) in [6, 6.07) is -2.00. The summed E-state index contributed by atoms with van der Waals surface area (Å²) in [7, 11) is 0. The lowest BCUT2D eigenvalue weighted by atomic mass is 10.2. The summed E-state index contributed by atoms with van der Waals surface area (Å²) >= 11 is 0. The van der Waals surface area contributed by atoms with Gasteiger partial charge in [-0.15, -0.1) is 0 Å². The van der Waals surface area contributed by atoms with Crippen molar-refractivity contribution in [1.29, 1.82) is 0 Å². The number of carbonyl (C=O) groups is 1. The maximum absolute atomic E-state index is 10.5. The molecule has 0 aromatic heterocycles. The molecule has 0 amide bonds. The van der Waals surface area contributed by atoms with Crippen LogP contribution in [0.5, 0.6) is 0 Å². The summed E-state index contributed by atoms with van der Waals surface area (Å²) in [5.41, 5.74) is 0. The molecular formula is C20H30O2. The number of carboxylic acid groups (broad SMARTS) is 1. The Balaban J connectivity index is 5.21. The first-order chi connectivity index (χ1) is 14.8. The van der Waals surface area contributed by atoms with Crippen molar-refractivity contribution < 1.29 is 23.6 Å². The van der Waals surface area contributed by atoms with Crippen LogP contribution in [0.4, 0.5) is 0 Å². The first-order valence-electron chi connectivity index (χ1n) is 12.3. The van der Waals surface area contributed by atoms with Crippen LogP contribution in [0.3, 0.4) is 0 Å². The molecule has 0 spiro atoms. The molecule has 1 N–H and O–H groups in total. The monoisotopic (exact) mass is 322 g/mol. The van der Waals surface area contributed by atoms with E-state index in [2.05, 4.69) is 0 Å². The molecule has 0 aromatic rings. The molecule has 0 radical (unpaired) electrons. The summed E-state index contributed by atoms with van der Waals surface area (Å²) in [5.74, 6) is -0.998. The third kappa shape index (κ3) is 18.2. The van der Waals surface area contributed by atoms with Crippen LogP contribution in [0.25, 0.3) is 0 Å². The minimum Gasteiger partial charge on any atom is -0.481 e. The number of aliphatic carboxylic acids is 1. The van der Waals surface area contributed by atoms with E-state index in [1.807, 2.05) is 0 Å². The van der Waals surface area contributed by atoms with Gasteiger partial charge in [-0.3, -0.25) is 4.79 Å². The van der Waals surface area contributed by atoms with Gasteiger partial charge in [-0.1, -0.05) is 67.4 Å². The first-order valence-corrected chi connectivity index (χ1v) is 7.27. The van der Waals surface area contributed by atoms with Crippen LogP contribution in [-0.2, 0) is 4.79 Å². The second kappa shape index (κ2) is 17.2. The number of hydrogen-bond donors (Lipinski definition) is 1. The van der Waals surface area contributed by atoms with Gasteiger partial charge < -0.3 is 5.11 Å². The SMILES string of the molecule is [3H]/C(CC)=C(/[3H])C/C([3H])=C(\[3H])C/C([3H])=C(\[3H])C/C([3H])=C(\[3H])C/C([3H])=C(\[3H])CCCC(=O)O. The smallest absolute Gasteiger partial charge is 0.303 e. The quantitative estimate of drug-likeness (QED) is 0.423. The van der Waals surface area contributed by atoms with Crippen LogP contribution in [0, 0.1) is 0 Å². The topological polar surface area (TPSA) is 37.3 Å². The van der Waals surface area contributed by atoms with Gasteiger partial charge in [0.1, 0.15) is 0 Å². The Bertz CT molecular complexity index is 837. The highest BCUT2D eigenvalue weighted by Gasteiger charge is 1.92. The molecule has 0 unspecified atom stereocenters. The fraction of sp³-hybridized carbons (Fsp3) is 0.450. The van der Waals surface area contributed by atoms with Gasteiger partial charge in [0.05, 0.1) is 13.7 Å². The van der Waals surface area contributed by atoms with Gasteiger partial charge in [0.2, 0.25) is 0 Å². The maximum atomic E-state index is 10.5. The lowest BCUT2D eigenvalue weighted by Gasteiger charge is -1.89. The Hall–Kier alpha value is -1.83. The lowest BCUT2D eigenvalue weighted by Crippen LogP contribution is -1.92. The number of carboxylic acids is 1. The molecule has 0 saturated heterocycles. The van der Waals surface area contributed by atoms with E-state index < -0.39 is 5.97 Å². The molecule has 0 aliphatic heterocycles. The van der Waals surface area contributed by atoms with Crippen LogP contribution in [0.15, 0.2) is 60.5 Å². The zero-order chi connectivity index (χ0) is 25.0. The second-order valence-corrected chi connectivity index (χ2v) is 4.08. The van der Waals surface area contributed by atoms with E-state index in [9.17, 15) is 4.79 Å². The number of hydrogen-bond acceptors (Lipinski definition) is 1. The summed E-state index contributed by atoms with van der Waals surface area (Å²) in [5, 5.41) is 8.60. The Morgan fingerprint density at radius 1 is 0.818 bits per heavy atom. The van der Waals surface area contributed by atoms with Crippen LogP contribution in [0.1, 0.15) is 72.0 Å². The lowest BCUT2D eigenvalue weighted by molar-refractivity contribution is -0.137. The summed E-state index contributed by atoms with van der Waals surface area (Å²) in [6.45, 7) is 1.71. The fourth-order valence-electron chi connectivity index (χ4n) is 1.22. The van der Waals surface area contributed by atoms with Crippen LogP contribution >= 0.6 is 0 Å². The molecule has 0 aromatic carbocycles. The van der Waals surface area contributed by atoms with E-state index in [0.29, 0.717) is 6.42 Å². The minimum absolute atomic E-state index is 0.0675. The fourth-order valence-corrected chi connectivity index (χ4v) is 1.22. The molecule has 0 rings (SSSR count). The van der Waals surface area contributed by atoms with Gasteiger partial charge in [0.15, 0.2) is 0 Å². The first kappa shape index (κ1) is 8.71. The van der Waals surface area contributed by atoms with Crippen molar-refractivity contribution in [3.8, 4) is 0 Å². The van der Waals surface area contributed by atoms with Crippen LogP contribution < -0.4 is 0 Å². The van der Waals surface area contributed by atoms with Gasteiger partial charge in [0.25, 0.3) is 0 Å². The van der Waals surface area contributed by atoms with Crippen molar-refractivity contribution in [2.24, 2.45) is 0 Å². The molecule has 0 heterocycles.